The summed E-state index contributed by atoms with van der Waals surface area (Å²) in [5.41, 5.74) is 4.35. The van der Waals surface area contributed by atoms with Crippen molar-refractivity contribution >= 4 is 45.8 Å². The molecule has 2 bridgehead atoms. The molecule has 0 radical (unpaired) electrons. The molecule has 2 aromatic heterocycles. The maximum atomic E-state index is 15.6. The van der Waals surface area contributed by atoms with E-state index in [0.29, 0.717) is 45.2 Å². The first-order chi connectivity index (χ1) is 21.1. The van der Waals surface area contributed by atoms with Crippen molar-refractivity contribution in [3.63, 3.8) is 0 Å². The van der Waals surface area contributed by atoms with Gasteiger partial charge in [0.1, 0.15) is 17.3 Å². The van der Waals surface area contributed by atoms with Gasteiger partial charge in [0.25, 0.3) is 0 Å². The summed E-state index contributed by atoms with van der Waals surface area (Å²) in [4.78, 5) is 16.5. The molecule has 1 spiro atoms. The highest BCUT2D eigenvalue weighted by Crippen LogP contribution is 2.58. The van der Waals surface area contributed by atoms with Crippen molar-refractivity contribution in [3.05, 3.63) is 69.3 Å². The van der Waals surface area contributed by atoms with Crippen LogP contribution in [-0.4, -0.2) is 50.9 Å². The predicted octanol–water partition coefficient (Wildman–Crippen LogP) is 8.27. The van der Waals surface area contributed by atoms with Gasteiger partial charge in [0, 0.05) is 60.3 Å². The molecule has 44 heavy (non-hydrogen) atoms. The smallest absolute Gasteiger partial charge is 0.337 e. The highest BCUT2D eigenvalue weighted by molar-refractivity contribution is 6.39. The molecule has 7 nitrogen and oxygen atoms in total. The minimum Gasteiger partial charge on any atom is -0.478 e. The summed E-state index contributed by atoms with van der Waals surface area (Å²) in [5.74, 6) is 0.0132. The Morgan fingerprint density at radius 2 is 1.80 bits per heavy atom. The summed E-state index contributed by atoms with van der Waals surface area (Å²) in [7, 11) is 4.01. The number of hydrogen-bond acceptors (Lipinski definition) is 5. The van der Waals surface area contributed by atoms with Crippen LogP contribution in [0.2, 0.25) is 10.0 Å². The van der Waals surface area contributed by atoms with Gasteiger partial charge in [0.05, 0.1) is 26.8 Å². The second kappa shape index (κ2) is 10.2. The van der Waals surface area contributed by atoms with Crippen LogP contribution in [0.25, 0.3) is 22.2 Å². The molecule has 2 unspecified atom stereocenters. The summed E-state index contributed by atoms with van der Waals surface area (Å²) in [5, 5.41) is 15.7. The average Bonchev–Trinajstić information content (AvgIpc) is 3.58. The van der Waals surface area contributed by atoms with Gasteiger partial charge < -0.3 is 19.1 Å². The fourth-order valence-corrected chi connectivity index (χ4v) is 9.20. The van der Waals surface area contributed by atoms with Crippen molar-refractivity contribution in [2.45, 2.75) is 82.0 Å². The number of benzene rings is 2. The molecule has 4 aromatic rings. The van der Waals surface area contributed by atoms with Crippen molar-refractivity contribution in [3.8, 4) is 11.3 Å². The molecular weight excluding hydrogens is 602 g/mol. The van der Waals surface area contributed by atoms with E-state index in [1.165, 1.54) is 6.07 Å². The number of anilines is 1. The first-order valence-electron chi connectivity index (χ1n) is 15.6. The zero-order chi connectivity index (χ0) is 30.5. The number of nitrogens with zero attached hydrogens (tertiary/aromatic N) is 4. The highest BCUT2D eigenvalue weighted by atomic mass is 35.5. The zero-order valence-electron chi connectivity index (χ0n) is 24.8. The first kappa shape index (κ1) is 28.4. The third kappa shape index (κ3) is 4.47. The number of carboxylic acids is 1. The maximum absolute atomic E-state index is 15.6. The molecule has 2 aliphatic heterocycles. The van der Waals surface area contributed by atoms with Gasteiger partial charge in [-0.3, -0.25) is 4.90 Å². The number of carboxylic acid groups (broad SMARTS) is 1. The van der Waals surface area contributed by atoms with Gasteiger partial charge >= 0.3 is 5.97 Å². The minimum atomic E-state index is -1.04. The number of fused-ring (bicyclic) bond motifs is 3. The molecule has 2 aromatic carbocycles. The second-order valence-corrected chi connectivity index (χ2v) is 14.5. The van der Waals surface area contributed by atoms with Crippen molar-refractivity contribution in [2.75, 3.05) is 11.9 Å². The molecule has 8 rings (SSSR count). The number of halogens is 3. The van der Waals surface area contributed by atoms with E-state index in [2.05, 4.69) is 22.0 Å². The zero-order valence-corrected chi connectivity index (χ0v) is 26.3. The van der Waals surface area contributed by atoms with Crippen LogP contribution in [0.3, 0.4) is 0 Å². The van der Waals surface area contributed by atoms with Crippen LogP contribution in [-0.2, 0) is 13.6 Å². The van der Waals surface area contributed by atoms with Crippen LogP contribution in [0.5, 0.6) is 0 Å². The van der Waals surface area contributed by atoms with Crippen LogP contribution in [0.4, 0.5) is 10.1 Å². The Kier molecular flexibility index (Phi) is 6.60. The van der Waals surface area contributed by atoms with Gasteiger partial charge in [-0.25, -0.2) is 9.18 Å². The fraction of sp³-hybridized carbons (Fsp3) is 0.471. The Morgan fingerprint density at radius 3 is 2.43 bits per heavy atom. The van der Waals surface area contributed by atoms with Crippen LogP contribution in [0.15, 0.2) is 41.1 Å². The lowest BCUT2D eigenvalue weighted by molar-refractivity contribution is -0.0200. The molecule has 2 saturated heterocycles. The van der Waals surface area contributed by atoms with E-state index in [9.17, 15) is 9.90 Å². The van der Waals surface area contributed by atoms with E-state index < -0.39 is 5.97 Å². The monoisotopic (exact) mass is 636 g/mol. The van der Waals surface area contributed by atoms with Crippen LogP contribution >= 0.6 is 23.2 Å². The molecule has 1 N–H and O–H groups in total. The number of aromatic nitrogens is 2. The molecule has 230 valence electrons. The Balaban J connectivity index is 0.999. The summed E-state index contributed by atoms with van der Waals surface area (Å²) in [6, 6.07) is 9.83. The van der Waals surface area contributed by atoms with E-state index in [-0.39, 0.29) is 16.8 Å². The number of aromatic carboxylic acids is 1. The summed E-state index contributed by atoms with van der Waals surface area (Å²) in [6.45, 7) is 0.728. The standard InChI is InChI=1S/C34H35Cl2FN4O3/c1-39(17-24-31(38-44-32(24)18-6-7-18)30-25(35)4-3-5-26(30)36)21-14-34(15-21)12-19-8-9-20(13-34)41(19)29-11-28-22(10-27(29)37)23(33(42)43)16-40(28)2/h3-5,10-11,16,18-21H,6-9,12-15,17H2,1-2H3,(H,42,43). The van der Waals surface area contributed by atoms with Crippen molar-refractivity contribution in [1.29, 1.82) is 0 Å². The fourth-order valence-electron chi connectivity index (χ4n) is 8.62. The van der Waals surface area contributed by atoms with Gasteiger partial charge in [-0.2, -0.15) is 0 Å². The number of piperidine rings is 1. The third-order valence-electron chi connectivity index (χ3n) is 10.9. The van der Waals surface area contributed by atoms with Crippen LogP contribution < -0.4 is 4.90 Å². The van der Waals surface area contributed by atoms with Crippen molar-refractivity contribution in [1.82, 2.24) is 14.6 Å². The number of hydrogen-bond donors (Lipinski definition) is 1. The highest BCUT2D eigenvalue weighted by Gasteiger charge is 2.55. The number of rotatable bonds is 7. The van der Waals surface area contributed by atoms with Crippen LogP contribution in [0.1, 0.15) is 79.0 Å². The van der Waals surface area contributed by atoms with Gasteiger partial charge in [0.2, 0.25) is 0 Å². The normalized spacial score (nSPS) is 26.2. The molecular formula is C34H35Cl2FN4O3. The maximum Gasteiger partial charge on any atom is 0.337 e. The topological polar surface area (TPSA) is 74.7 Å². The Hall–Kier alpha value is -3.07. The van der Waals surface area contributed by atoms with E-state index in [0.717, 1.165) is 86.0 Å². The number of aryl methyl sites for hydroxylation is 1. The van der Waals surface area contributed by atoms with E-state index >= 15 is 4.39 Å². The Bertz CT molecular complexity index is 1770. The van der Waals surface area contributed by atoms with E-state index in [1.54, 1.807) is 10.8 Å². The van der Waals surface area contributed by atoms with E-state index in [4.69, 9.17) is 27.7 Å². The lowest BCUT2D eigenvalue weighted by Gasteiger charge is -2.57. The third-order valence-corrected chi connectivity index (χ3v) is 11.5. The Morgan fingerprint density at radius 1 is 1.11 bits per heavy atom. The second-order valence-electron chi connectivity index (χ2n) is 13.7. The summed E-state index contributed by atoms with van der Waals surface area (Å²) < 4.78 is 23.3. The number of carbonyl (C=O) groups is 1. The van der Waals surface area contributed by atoms with Gasteiger partial charge in [0.15, 0.2) is 0 Å². The average molecular weight is 638 g/mol. The molecule has 2 atom stereocenters. The Labute approximate surface area is 265 Å². The first-order valence-corrected chi connectivity index (χ1v) is 16.3. The molecule has 2 aliphatic carbocycles. The predicted molar refractivity (Wildman–Crippen MR) is 169 cm³/mol. The molecule has 10 heteroatoms. The lowest BCUT2D eigenvalue weighted by atomic mass is 9.58. The SMILES string of the molecule is CN(Cc1c(-c2c(Cl)cccc2Cl)noc1C1CC1)C1CC2(C1)CC1CCC(C2)N1c1cc2c(cc1F)c(C(=O)O)cn2C. The quantitative estimate of drug-likeness (QED) is 0.220. The van der Waals surface area contributed by atoms with Crippen molar-refractivity contribution < 1.29 is 18.8 Å². The molecule has 4 heterocycles. The van der Waals surface area contributed by atoms with Gasteiger partial charge in [-0.1, -0.05) is 34.4 Å². The van der Waals surface area contributed by atoms with Gasteiger partial charge in [-0.05, 0) is 88.1 Å². The molecule has 2 saturated carbocycles. The molecule has 4 fully saturated rings. The van der Waals surface area contributed by atoms with Crippen LogP contribution in [0, 0.1) is 11.2 Å². The van der Waals surface area contributed by atoms with E-state index in [1.807, 2.05) is 31.3 Å². The van der Waals surface area contributed by atoms with Crippen molar-refractivity contribution in [2.24, 2.45) is 12.5 Å². The molecule has 0 amide bonds. The lowest BCUT2D eigenvalue weighted by Crippen LogP contribution is -2.57. The largest absolute Gasteiger partial charge is 0.478 e. The molecule has 4 aliphatic rings. The summed E-state index contributed by atoms with van der Waals surface area (Å²) in [6.07, 6.45) is 10.3. The van der Waals surface area contributed by atoms with Gasteiger partial charge in [-0.15, -0.1) is 0 Å². The summed E-state index contributed by atoms with van der Waals surface area (Å²) >= 11 is 13.2. The minimum absolute atomic E-state index is 0.135.